The largest absolute Gasteiger partial charge is 0.379 e. The second kappa shape index (κ2) is 5.32. The molecule has 0 aliphatic carbocycles. The molecule has 1 atom stereocenters. The number of carbonyl (C=O) groups excluding carboxylic acids is 1. The zero-order valence-electron chi connectivity index (χ0n) is 12.0. The van der Waals surface area contributed by atoms with Gasteiger partial charge in [-0.05, 0) is 32.0 Å². The summed E-state index contributed by atoms with van der Waals surface area (Å²) in [6, 6.07) is 5.37. The summed E-state index contributed by atoms with van der Waals surface area (Å²) in [6.07, 6.45) is 0.483. The van der Waals surface area contributed by atoms with Gasteiger partial charge in [-0.15, -0.1) is 0 Å². The molecule has 1 aromatic rings. The molecule has 6 heteroatoms. The van der Waals surface area contributed by atoms with Crippen LogP contribution in [-0.2, 0) is 9.63 Å². The molecule has 0 fully saturated rings. The molecule has 0 aromatic heterocycles. The average Bonchev–Trinajstić information content (AvgIpc) is 2.70. The number of hydrogen-bond acceptors (Lipinski definition) is 4. The Labute approximate surface area is 123 Å². The highest BCUT2D eigenvalue weighted by Crippen LogP contribution is 2.31. The van der Waals surface area contributed by atoms with E-state index in [1.807, 2.05) is 32.0 Å². The first kappa shape index (κ1) is 14.7. The highest BCUT2D eigenvalue weighted by molar-refractivity contribution is 6.31. The molecule has 2 rings (SSSR count). The Morgan fingerprint density at radius 2 is 2.20 bits per heavy atom. The van der Waals surface area contributed by atoms with E-state index < -0.39 is 5.60 Å². The van der Waals surface area contributed by atoms with Crippen LogP contribution >= 0.6 is 11.6 Å². The Kier molecular flexibility index (Phi) is 3.90. The standard InChI is InChI=1S/C14H18ClN3O2/c1-9-8-14(2,20-17-9)13(19)16-11-7-10(15)5-6-12(11)18(3)4/h5-7H,8H2,1-4H3,(H,16,19). The molecule has 1 heterocycles. The number of nitrogens with zero attached hydrogens (tertiary/aromatic N) is 2. The van der Waals surface area contributed by atoms with Gasteiger partial charge in [0.05, 0.1) is 17.1 Å². The molecule has 1 N–H and O–H groups in total. The minimum Gasteiger partial charge on any atom is -0.379 e. The molecule has 1 aliphatic rings. The normalized spacial score (nSPS) is 21.1. The van der Waals surface area contributed by atoms with Gasteiger partial charge in [0, 0.05) is 25.5 Å². The molecular formula is C14H18ClN3O2. The fourth-order valence-corrected chi connectivity index (χ4v) is 2.28. The first-order chi connectivity index (χ1) is 9.32. The fourth-order valence-electron chi connectivity index (χ4n) is 2.11. The topological polar surface area (TPSA) is 53.9 Å². The summed E-state index contributed by atoms with van der Waals surface area (Å²) >= 11 is 6.00. The van der Waals surface area contributed by atoms with E-state index in [2.05, 4.69) is 10.5 Å². The van der Waals surface area contributed by atoms with E-state index in [0.29, 0.717) is 17.1 Å². The van der Waals surface area contributed by atoms with Gasteiger partial charge in [-0.3, -0.25) is 4.79 Å². The van der Waals surface area contributed by atoms with Crippen molar-refractivity contribution in [1.82, 2.24) is 0 Å². The van der Waals surface area contributed by atoms with Crippen LogP contribution in [0.5, 0.6) is 0 Å². The van der Waals surface area contributed by atoms with Crippen molar-refractivity contribution in [2.24, 2.45) is 5.16 Å². The number of hydrogen-bond donors (Lipinski definition) is 1. The second-order valence-corrected chi connectivity index (χ2v) is 5.77. The molecule has 0 bridgehead atoms. The van der Waals surface area contributed by atoms with Crippen LogP contribution in [0.15, 0.2) is 23.4 Å². The van der Waals surface area contributed by atoms with Crippen LogP contribution in [0.25, 0.3) is 0 Å². The average molecular weight is 296 g/mol. The Balaban J connectivity index is 2.22. The lowest BCUT2D eigenvalue weighted by molar-refractivity contribution is -0.135. The van der Waals surface area contributed by atoms with Crippen molar-refractivity contribution >= 4 is 34.6 Å². The third-order valence-electron chi connectivity index (χ3n) is 3.17. The highest BCUT2D eigenvalue weighted by Gasteiger charge is 2.40. The molecule has 108 valence electrons. The first-order valence-electron chi connectivity index (χ1n) is 6.32. The zero-order chi connectivity index (χ0) is 14.9. The van der Waals surface area contributed by atoms with E-state index in [9.17, 15) is 4.79 Å². The number of anilines is 2. The van der Waals surface area contributed by atoms with E-state index in [1.165, 1.54) is 0 Å². The van der Waals surface area contributed by atoms with Crippen LogP contribution in [-0.4, -0.2) is 31.3 Å². The summed E-state index contributed by atoms with van der Waals surface area (Å²) in [7, 11) is 3.81. The molecule has 1 aromatic carbocycles. The van der Waals surface area contributed by atoms with Crippen molar-refractivity contribution in [3.63, 3.8) is 0 Å². The Morgan fingerprint density at radius 1 is 1.50 bits per heavy atom. The number of carbonyl (C=O) groups is 1. The maximum absolute atomic E-state index is 12.4. The molecule has 1 amide bonds. The van der Waals surface area contributed by atoms with Gasteiger partial charge in [0.25, 0.3) is 5.91 Å². The Bertz CT molecular complexity index is 572. The monoisotopic (exact) mass is 295 g/mol. The lowest BCUT2D eigenvalue weighted by Gasteiger charge is -2.23. The predicted octanol–water partition coefficient (Wildman–Crippen LogP) is 2.90. The smallest absolute Gasteiger partial charge is 0.271 e. The zero-order valence-corrected chi connectivity index (χ0v) is 12.8. The van der Waals surface area contributed by atoms with Crippen LogP contribution < -0.4 is 10.2 Å². The van der Waals surface area contributed by atoms with Crippen LogP contribution in [0.2, 0.25) is 5.02 Å². The second-order valence-electron chi connectivity index (χ2n) is 5.34. The van der Waals surface area contributed by atoms with E-state index in [1.54, 1.807) is 19.1 Å². The van der Waals surface area contributed by atoms with Crippen LogP contribution in [0, 0.1) is 0 Å². The maximum Gasteiger partial charge on any atom is 0.271 e. The number of oxime groups is 1. The Hall–Kier alpha value is -1.75. The first-order valence-corrected chi connectivity index (χ1v) is 6.69. The quantitative estimate of drug-likeness (QED) is 0.933. The molecule has 20 heavy (non-hydrogen) atoms. The van der Waals surface area contributed by atoms with E-state index >= 15 is 0 Å². The molecule has 0 spiro atoms. The third kappa shape index (κ3) is 2.88. The summed E-state index contributed by atoms with van der Waals surface area (Å²) in [4.78, 5) is 19.6. The summed E-state index contributed by atoms with van der Waals surface area (Å²) in [5, 5.41) is 7.28. The van der Waals surface area contributed by atoms with Gasteiger partial charge in [0.2, 0.25) is 5.60 Å². The number of nitrogens with one attached hydrogen (secondary N) is 1. The lowest BCUT2D eigenvalue weighted by atomic mass is 9.99. The van der Waals surface area contributed by atoms with Crippen molar-refractivity contribution in [2.75, 3.05) is 24.3 Å². The van der Waals surface area contributed by atoms with Crippen molar-refractivity contribution in [3.05, 3.63) is 23.2 Å². The minimum atomic E-state index is -0.962. The van der Waals surface area contributed by atoms with E-state index in [4.69, 9.17) is 16.4 Å². The van der Waals surface area contributed by atoms with Gasteiger partial charge in [-0.1, -0.05) is 16.8 Å². The van der Waals surface area contributed by atoms with Crippen molar-refractivity contribution in [1.29, 1.82) is 0 Å². The molecule has 0 radical (unpaired) electrons. The maximum atomic E-state index is 12.4. The minimum absolute atomic E-state index is 0.233. The highest BCUT2D eigenvalue weighted by atomic mass is 35.5. The lowest BCUT2D eigenvalue weighted by Crippen LogP contribution is -2.40. The third-order valence-corrected chi connectivity index (χ3v) is 3.40. The number of benzene rings is 1. The van der Waals surface area contributed by atoms with E-state index in [-0.39, 0.29) is 5.91 Å². The molecule has 1 aliphatic heterocycles. The molecule has 5 nitrogen and oxygen atoms in total. The van der Waals surface area contributed by atoms with E-state index in [0.717, 1.165) is 11.4 Å². The SMILES string of the molecule is CC1=NOC(C)(C(=O)Nc2cc(Cl)ccc2N(C)C)C1. The van der Waals surface area contributed by atoms with Crippen LogP contribution in [0.3, 0.4) is 0 Å². The van der Waals surface area contributed by atoms with Gasteiger partial charge in [0.15, 0.2) is 0 Å². The van der Waals surface area contributed by atoms with Crippen molar-refractivity contribution in [3.8, 4) is 0 Å². The van der Waals surface area contributed by atoms with Crippen molar-refractivity contribution in [2.45, 2.75) is 25.9 Å². The van der Waals surface area contributed by atoms with Crippen LogP contribution in [0.1, 0.15) is 20.3 Å². The van der Waals surface area contributed by atoms with Gasteiger partial charge >= 0.3 is 0 Å². The van der Waals surface area contributed by atoms with Gasteiger partial charge in [-0.25, -0.2) is 0 Å². The molecule has 1 unspecified atom stereocenters. The summed E-state index contributed by atoms with van der Waals surface area (Å²) in [5.41, 5.74) is 1.38. The van der Waals surface area contributed by atoms with Gasteiger partial charge in [0.1, 0.15) is 0 Å². The fraction of sp³-hybridized carbons (Fsp3) is 0.429. The summed E-state index contributed by atoms with van der Waals surface area (Å²) in [6.45, 7) is 3.56. The van der Waals surface area contributed by atoms with Crippen LogP contribution in [0.4, 0.5) is 11.4 Å². The molecule has 0 saturated carbocycles. The molecular weight excluding hydrogens is 278 g/mol. The Morgan fingerprint density at radius 3 is 2.75 bits per heavy atom. The van der Waals surface area contributed by atoms with Gasteiger partial charge in [-0.2, -0.15) is 0 Å². The summed E-state index contributed by atoms with van der Waals surface area (Å²) in [5.74, 6) is -0.233. The van der Waals surface area contributed by atoms with Crippen molar-refractivity contribution < 1.29 is 9.63 Å². The summed E-state index contributed by atoms with van der Waals surface area (Å²) < 4.78 is 0. The number of halogens is 1. The predicted molar refractivity (Wildman–Crippen MR) is 81.6 cm³/mol. The molecule has 0 saturated heterocycles. The number of rotatable bonds is 3. The van der Waals surface area contributed by atoms with Gasteiger partial charge < -0.3 is 15.1 Å². The number of amides is 1.